The Morgan fingerprint density at radius 2 is 2.13 bits per heavy atom. The van der Waals surface area contributed by atoms with E-state index in [9.17, 15) is 9.59 Å². The van der Waals surface area contributed by atoms with Crippen LogP contribution < -0.4 is 5.32 Å². The molecule has 1 atom stereocenters. The fourth-order valence-corrected chi connectivity index (χ4v) is 2.18. The van der Waals surface area contributed by atoms with E-state index in [2.05, 4.69) is 15.4 Å². The molecule has 8 heteroatoms. The zero-order chi connectivity index (χ0) is 17.0. The van der Waals surface area contributed by atoms with Crippen LogP contribution in [0.2, 0.25) is 0 Å². The second kappa shape index (κ2) is 7.19. The molecule has 0 radical (unpaired) electrons. The van der Waals surface area contributed by atoms with Crippen molar-refractivity contribution in [3.63, 3.8) is 0 Å². The van der Waals surface area contributed by atoms with E-state index in [1.54, 1.807) is 16.9 Å². The number of carbonyl (C=O) groups is 2. The van der Waals surface area contributed by atoms with Crippen LogP contribution in [0.5, 0.6) is 0 Å². The summed E-state index contributed by atoms with van der Waals surface area (Å²) in [6.45, 7) is 4.22. The van der Waals surface area contributed by atoms with Gasteiger partial charge < -0.3 is 15.2 Å². The van der Waals surface area contributed by atoms with Crippen molar-refractivity contribution in [2.45, 2.75) is 32.4 Å². The van der Waals surface area contributed by atoms with E-state index in [1.165, 1.54) is 13.3 Å². The van der Waals surface area contributed by atoms with E-state index in [0.29, 0.717) is 11.2 Å². The van der Waals surface area contributed by atoms with Crippen LogP contribution in [0.1, 0.15) is 36.7 Å². The first-order valence-electron chi connectivity index (χ1n) is 7.30. The Kier molecular flexibility index (Phi) is 5.28. The number of hydrogen-bond acceptors (Lipinski definition) is 5. The summed E-state index contributed by atoms with van der Waals surface area (Å²) in [5.74, 6) is -1.59. The van der Waals surface area contributed by atoms with Gasteiger partial charge in [-0.2, -0.15) is 5.10 Å². The number of carbonyl (C=O) groups excluding carboxylic acids is 1. The molecule has 8 nitrogen and oxygen atoms in total. The third kappa shape index (κ3) is 3.84. The summed E-state index contributed by atoms with van der Waals surface area (Å²) >= 11 is 0. The number of hydrogen-bond donors (Lipinski definition) is 2. The summed E-state index contributed by atoms with van der Waals surface area (Å²) in [4.78, 5) is 27.7. The maximum atomic E-state index is 12.2. The van der Waals surface area contributed by atoms with Crippen LogP contribution in [0.25, 0.3) is 11.0 Å². The van der Waals surface area contributed by atoms with Crippen molar-refractivity contribution in [1.82, 2.24) is 20.1 Å². The Morgan fingerprint density at radius 1 is 1.39 bits per heavy atom. The fourth-order valence-electron chi connectivity index (χ4n) is 2.18. The van der Waals surface area contributed by atoms with E-state index in [-0.39, 0.29) is 19.1 Å². The molecule has 0 fully saturated rings. The number of ether oxygens (including phenoxy) is 1. The highest BCUT2D eigenvalue weighted by atomic mass is 16.5. The lowest BCUT2D eigenvalue weighted by Crippen LogP contribution is -2.41. The Morgan fingerprint density at radius 3 is 2.74 bits per heavy atom. The van der Waals surface area contributed by atoms with Crippen LogP contribution in [0.15, 0.2) is 18.5 Å². The number of carboxylic acids is 1. The molecule has 124 valence electrons. The second-order valence-electron chi connectivity index (χ2n) is 5.47. The van der Waals surface area contributed by atoms with Crippen molar-refractivity contribution in [1.29, 1.82) is 0 Å². The SMILES string of the molecule is COCCC(NC(=O)c1cnc2c(cnn2C(C)C)c1)C(=O)O. The summed E-state index contributed by atoms with van der Waals surface area (Å²) < 4.78 is 6.61. The number of methoxy groups -OCH3 is 1. The number of nitrogens with zero attached hydrogens (tertiary/aromatic N) is 3. The minimum Gasteiger partial charge on any atom is -0.480 e. The van der Waals surface area contributed by atoms with Gasteiger partial charge in [0.25, 0.3) is 5.91 Å². The molecule has 2 rings (SSSR count). The molecule has 23 heavy (non-hydrogen) atoms. The lowest BCUT2D eigenvalue weighted by molar-refractivity contribution is -0.139. The molecule has 1 amide bonds. The van der Waals surface area contributed by atoms with E-state index < -0.39 is 17.9 Å². The molecule has 2 aromatic rings. The highest BCUT2D eigenvalue weighted by Gasteiger charge is 2.21. The third-order valence-electron chi connectivity index (χ3n) is 3.40. The molecule has 2 heterocycles. The van der Waals surface area contributed by atoms with E-state index in [4.69, 9.17) is 9.84 Å². The summed E-state index contributed by atoms with van der Waals surface area (Å²) in [5.41, 5.74) is 0.982. The van der Waals surface area contributed by atoms with Crippen LogP contribution in [0, 0.1) is 0 Å². The van der Waals surface area contributed by atoms with Gasteiger partial charge in [0.05, 0.1) is 11.8 Å². The maximum Gasteiger partial charge on any atom is 0.326 e. The van der Waals surface area contributed by atoms with Gasteiger partial charge in [-0.25, -0.2) is 14.5 Å². The van der Waals surface area contributed by atoms with Crippen molar-refractivity contribution in [2.24, 2.45) is 0 Å². The van der Waals surface area contributed by atoms with E-state index in [1.807, 2.05) is 13.8 Å². The highest BCUT2D eigenvalue weighted by Crippen LogP contribution is 2.16. The number of nitrogens with one attached hydrogen (secondary N) is 1. The molecule has 2 aromatic heterocycles. The lowest BCUT2D eigenvalue weighted by atomic mass is 10.1. The van der Waals surface area contributed by atoms with E-state index in [0.717, 1.165) is 5.39 Å². The van der Waals surface area contributed by atoms with Gasteiger partial charge in [0.1, 0.15) is 6.04 Å². The second-order valence-corrected chi connectivity index (χ2v) is 5.47. The van der Waals surface area contributed by atoms with Crippen LogP contribution in [0.3, 0.4) is 0 Å². The number of pyridine rings is 1. The van der Waals surface area contributed by atoms with Crippen LogP contribution in [0.4, 0.5) is 0 Å². The standard InChI is InChI=1S/C15H20N4O4/c1-9(2)19-13-10(8-17-19)6-11(7-16-13)14(20)18-12(15(21)22)4-5-23-3/h6-9,12H,4-5H2,1-3H3,(H,18,20)(H,21,22). The molecule has 0 saturated heterocycles. The highest BCUT2D eigenvalue weighted by molar-refractivity contribution is 5.98. The molecule has 2 N–H and O–H groups in total. The Balaban J connectivity index is 2.18. The maximum absolute atomic E-state index is 12.2. The largest absolute Gasteiger partial charge is 0.480 e. The number of amides is 1. The van der Waals surface area contributed by atoms with Crippen molar-refractivity contribution in [2.75, 3.05) is 13.7 Å². The minimum atomic E-state index is -1.10. The number of rotatable bonds is 7. The summed E-state index contributed by atoms with van der Waals surface area (Å²) in [6.07, 6.45) is 3.25. The number of fused-ring (bicyclic) bond motifs is 1. The molecule has 0 aromatic carbocycles. The van der Waals surface area contributed by atoms with Gasteiger partial charge in [-0.3, -0.25) is 4.79 Å². The normalized spacial score (nSPS) is 12.5. The number of carboxylic acid groups (broad SMARTS) is 1. The molecule has 0 aliphatic rings. The third-order valence-corrected chi connectivity index (χ3v) is 3.40. The van der Waals surface area contributed by atoms with Gasteiger partial charge >= 0.3 is 5.97 Å². The molecular weight excluding hydrogens is 300 g/mol. The van der Waals surface area contributed by atoms with Gasteiger partial charge in [-0.15, -0.1) is 0 Å². The molecular formula is C15H20N4O4. The zero-order valence-electron chi connectivity index (χ0n) is 13.3. The Bertz CT molecular complexity index is 711. The number of aromatic nitrogens is 3. The van der Waals surface area contributed by atoms with Gasteiger partial charge in [-0.05, 0) is 19.9 Å². The van der Waals surface area contributed by atoms with Gasteiger partial charge in [0.15, 0.2) is 5.65 Å². The van der Waals surface area contributed by atoms with Gasteiger partial charge in [0, 0.05) is 37.8 Å². The molecule has 0 saturated carbocycles. The average Bonchev–Trinajstić information content (AvgIpc) is 2.94. The first-order chi connectivity index (χ1) is 10.9. The first-order valence-corrected chi connectivity index (χ1v) is 7.30. The number of aliphatic carboxylic acids is 1. The minimum absolute atomic E-state index is 0.158. The topological polar surface area (TPSA) is 106 Å². The van der Waals surface area contributed by atoms with Crippen molar-refractivity contribution < 1.29 is 19.4 Å². The Labute approximate surface area is 133 Å². The van der Waals surface area contributed by atoms with Gasteiger partial charge in [0.2, 0.25) is 0 Å². The summed E-state index contributed by atoms with van der Waals surface area (Å²) in [6, 6.07) is 0.806. The fraction of sp³-hybridized carbons (Fsp3) is 0.467. The molecule has 1 unspecified atom stereocenters. The summed E-state index contributed by atoms with van der Waals surface area (Å²) in [5, 5.41) is 16.6. The predicted molar refractivity (Wildman–Crippen MR) is 83.3 cm³/mol. The lowest BCUT2D eigenvalue weighted by Gasteiger charge is -2.14. The average molecular weight is 320 g/mol. The smallest absolute Gasteiger partial charge is 0.326 e. The molecule has 0 spiro atoms. The monoisotopic (exact) mass is 320 g/mol. The van der Waals surface area contributed by atoms with Crippen molar-refractivity contribution in [3.8, 4) is 0 Å². The quantitative estimate of drug-likeness (QED) is 0.795. The predicted octanol–water partition coefficient (Wildman–Crippen LogP) is 1.23. The van der Waals surface area contributed by atoms with Crippen molar-refractivity contribution >= 4 is 22.9 Å². The molecule has 0 aliphatic heterocycles. The Hall–Kier alpha value is -2.48. The summed E-state index contributed by atoms with van der Waals surface area (Å²) in [7, 11) is 1.48. The van der Waals surface area contributed by atoms with Crippen LogP contribution in [-0.2, 0) is 9.53 Å². The van der Waals surface area contributed by atoms with Crippen LogP contribution in [-0.4, -0.2) is 51.5 Å². The van der Waals surface area contributed by atoms with Crippen molar-refractivity contribution in [3.05, 3.63) is 24.0 Å². The van der Waals surface area contributed by atoms with Crippen LogP contribution >= 0.6 is 0 Å². The van der Waals surface area contributed by atoms with E-state index >= 15 is 0 Å². The first kappa shape index (κ1) is 16.9. The zero-order valence-corrected chi connectivity index (χ0v) is 13.3. The molecule has 0 bridgehead atoms. The van der Waals surface area contributed by atoms with Gasteiger partial charge in [-0.1, -0.05) is 0 Å². The molecule has 0 aliphatic carbocycles.